The number of hydrogen-bond donors (Lipinski definition) is 0. The summed E-state index contributed by atoms with van der Waals surface area (Å²) in [5.74, 6) is 1.27. The van der Waals surface area contributed by atoms with Gasteiger partial charge in [0.2, 0.25) is 0 Å². The highest BCUT2D eigenvalue weighted by Gasteiger charge is 2.04. The maximum absolute atomic E-state index is 4.53. The van der Waals surface area contributed by atoms with Crippen LogP contribution in [0.4, 0.5) is 0 Å². The lowest BCUT2D eigenvalue weighted by Gasteiger charge is -2.05. The standard InChI is InChI=1S/C13H14N2.C2H6/c1-10(2)13-14-9-8-12(15-13)11-6-4-3-5-7-11;1-2/h3-10H,1-2H3;1-2H3. The number of rotatable bonds is 2. The van der Waals surface area contributed by atoms with Crippen LogP contribution in [0.15, 0.2) is 42.6 Å². The summed E-state index contributed by atoms with van der Waals surface area (Å²) in [7, 11) is 0. The molecule has 0 saturated heterocycles. The lowest BCUT2D eigenvalue weighted by atomic mass is 10.1. The van der Waals surface area contributed by atoms with Gasteiger partial charge < -0.3 is 0 Å². The third kappa shape index (κ3) is 3.66. The second-order valence-electron chi connectivity index (χ2n) is 3.82. The Bertz CT molecular complexity index is 436. The first kappa shape index (κ1) is 13.4. The molecular formula is C15H20N2. The van der Waals surface area contributed by atoms with Crippen molar-refractivity contribution in [3.63, 3.8) is 0 Å². The zero-order valence-corrected chi connectivity index (χ0v) is 11.0. The average Bonchev–Trinajstić information content (AvgIpc) is 2.42. The van der Waals surface area contributed by atoms with Crippen molar-refractivity contribution >= 4 is 0 Å². The van der Waals surface area contributed by atoms with Gasteiger partial charge in [-0.05, 0) is 6.07 Å². The van der Waals surface area contributed by atoms with E-state index in [4.69, 9.17) is 0 Å². The molecule has 0 aliphatic carbocycles. The van der Waals surface area contributed by atoms with Crippen LogP contribution in [0.2, 0.25) is 0 Å². The number of benzene rings is 1. The summed E-state index contributed by atoms with van der Waals surface area (Å²) < 4.78 is 0. The molecular weight excluding hydrogens is 208 g/mol. The van der Waals surface area contributed by atoms with Crippen LogP contribution >= 0.6 is 0 Å². The van der Waals surface area contributed by atoms with Gasteiger partial charge in [0.1, 0.15) is 5.82 Å². The van der Waals surface area contributed by atoms with E-state index in [9.17, 15) is 0 Å². The Morgan fingerprint density at radius 2 is 1.59 bits per heavy atom. The Hall–Kier alpha value is -1.70. The van der Waals surface area contributed by atoms with Crippen LogP contribution in [0.5, 0.6) is 0 Å². The maximum Gasteiger partial charge on any atom is 0.131 e. The highest BCUT2D eigenvalue weighted by molar-refractivity contribution is 5.58. The van der Waals surface area contributed by atoms with Gasteiger partial charge in [-0.15, -0.1) is 0 Å². The molecule has 0 fully saturated rings. The molecule has 90 valence electrons. The smallest absolute Gasteiger partial charge is 0.131 e. The molecule has 0 bridgehead atoms. The summed E-state index contributed by atoms with van der Waals surface area (Å²) in [4.78, 5) is 8.78. The van der Waals surface area contributed by atoms with Crippen molar-refractivity contribution in [1.29, 1.82) is 0 Å². The van der Waals surface area contributed by atoms with Crippen molar-refractivity contribution in [3.05, 3.63) is 48.4 Å². The highest BCUT2D eigenvalue weighted by atomic mass is 14.9. The molecule has 0 radical (unpaired) electrons. The van der Waals surface area contributed by atoms with Gasteiger partial charge in [0.25, 0.3) is 0 Å². The Morgan fingerprint density at radius 1 is 0.941 bits per heavy atom. The van der Waals surface area contributed by atoms with Gasteiger partial charge in [0, 0.05) is 17.7 Å². The fraction of sp³-hybridized carbons (Fsp3) is 0.333. The van der Waals surface area contributed by atoms with Crippen LogP contribution < -0.4 is 0 Å². The molecule has 1 heterocycles. The summed E-state index contributed by atoms with van der Waals surface area (Å²) in [6.07, 6.45) is 1.82. The molecule has 2 aromatic rings. The lowest BCUT2D eigenvalue weighted by molar-refractivity contribution is 0.776. The van der Waals surface area contributed by atoms with E-state index >= 15 is 0 Å². The average molecular weight is 228 g/mol. The van der Waals surface area contributed by atoms with Crippen LogP contribution in [0, 0.1) is 0 Å². The van der Waals surface area contributed by atoms with Crippen LogP contribution in [0.1, 0.15) is 39.4 Å². The zero-order chi connectivity index (χ0) is 12.7. The van der Waals surface area contributed by atoms with E-state index in [1.807, 2.05) is 44.3 Å². The molecule has 2 rings (SSSR count). The van der Waals surface area contributed by atoms with Crippen molar-refractivity contribution < 1.29 is 0 Å². The molecule has 2 nitrogen and oxygen atoms in total. The summed E-state index contributed by atoms with van der Waals surface area (Å²) in [6.45, 7) is 8.20. The summed E-state index contributed by atoms with van der Waals surface area (Å²) in [5.41, 5.74) is 2.14. The molecule has 0 unspecified atom stereocenters. The quantitative estimate of drug-likeness (QED) is 0.766. The van der Waals surface area contributed by atoms with E-state index in [-0.39, 0.29) is 0 Å². The van der Waals surface area contributed by atoms with E-state index in [1.165, 1.54) is 0 Å². The molecule has 1 aromatic heterocycles. The summed E-state index contributed by atoms with van der Waals surface area (Å²) in [6, 6.07) is 12.1. The summed E-state index contributed by atoms with van der Waals surface area (Å²) in [5, 5.41) is 0. The minimum absolute atomic E-state index is 0.369. The molecule has 17 heavy (non-hydrogen) atoms. The first-order chi connectivity index (χ1) is 8.27. The van der Waals surface area contributed by atoms with Gasteiger partial charge in [-0.2, -0.15) is 0 Å². The fourth-order valence-electron chi connectivity index (χ4n) is 1.42. The maximum atomic E-state index is 4.53. The third-order valence-electron chi connectivity index (χ3n) is 2.26. The first-order valence-corrected chi connectivity index (χ1v) is 6.16. The van der Waals surface area contributed by atoms with Crippen LogP contribution in [0.3, 0.4) is 0 Å². The zero-order valence-electron chi connectivity index (χ0n) is 11.0. The Balaban J connectivity index is 0.000000686. The van der Waals surface area contributed by atoms with E-state index in [1.54, 1.807) is 0 Å². The summed E-state index contributed by atoms with van der Waals surface area (Å²) >= 11 is 0. The van der Waals surface area contributed by atoms with Crippen molar-refractivity contribution in [2.75, 3.05) is 0 Å². The Labute approximate surface area is 104 Å². The number of aromatic nitrogens is 2. The van der Waals surface area contributed by atoms with Crippen molar-refractivity contribution in [2.45, 2.75) is 33.6 Å². The van der Waals surface area contributed by atoms with Gasteiger partial charge in [-0.1, -0.05) is 58.0 Å². The van der Waals surface area contributed by atoms with Crippen LogP contribution in [-0.2, 0) is 0 Å². The van der Waals surface area contributed by atoms with Crippen molar-refractivity contribution in [1.82, 2.24) is 9.97 Å². The predicted molar refractivity (Wildman–Crippen MR) is 72.9 cm³/mol. The molecule has 0 N–H and O–H groups in total. The van der Waals surface area contributed by atoms with Gasteiger partial charge in [-0.3, -0.25) is 0 Å². The molecule has 0 atom stereocenters. The molecule has 0 aliphatic rings. The molecule has 0 saturated carbocycles. The monoisotopic (exact) mass is 228 g/mol. The molecule has 0 amide bonds. The fourth-order valence-corrected chi connectivity index (χ4v) is 1.42. The normalized spacial score (nSPS) is 9.71. The third-order valence-corrected chi connectivity index (χ3v) is 2.26. The number of hydrogen-bond acceptors (Lipinski definition) is 2. The Morgan fingerprint density at radius 3 is 2.18 bits per heavy atom. The minimum Gasteiger partial charge on any atom is -0.241 e. The minimum atomic E-state index is 0.369. The van der Waals surface area contributed by atoms with Gasteiger partial charge in [-0.25, -0.2) is 9.97 Å². The predicted octanol–water partition coefficient (Wildman–Crippen LogP) is 4.29. The lowest BCUT2D eigenvalue weighted by Crippen LogP contribution is -1.97. The van der Waals surface area contributed by atoms with E-state index in [0.717, 1.165) is 17.1 Å². The Kier molecular flexibility index (Phi) is 5.34. The van der Waals surface area contributed by atoms with E-state index < -0.39 is 0 Å². The molecule has 2 heteroatoms. The highest BCUT2D eigenvalue weighted by Crippen LogP contribution is 2.17. The van der Waals surface area contributed by atoms with Crippen LogP contribution in [0.25, 0.3) is 11.3 Å². The molecule has 1 aromatic carbocycles. The first-order valence-electron chi connectivity index (χ1n) is 6.16. The molecule has 0 aliphatic heterocycles. The van der Waals surface area contributed by atoms with Crippen LogP contribution in [-0.4, -0.2) is 9.97 Å². The van der Waals surface area contributed by atoms with Gasteiger partial charge in [0.05, 0.1) is 5.69 Å². The van der Waals surface area contributed by atoms with Gasteiger partial charge in [0.15, 0.2) is 0 Å². The van der Waals surface area contributed by atoms with Crippen molar-refractivity contribution in [2.24, 2.45) is 0 Å². The van der Waals surface area contributed by atoms with Crippen molar-refractivity contribution in [3.8, 4) is 11.3 Å². The second kappa shape index (κ2) is 6.79. The SMILES string of the molecule is CC.CC(C)c1nccc(-c2ccccc2)n1. The van der Waals surface area contributed by atoms with E-state index in [2.05, 4.69) is 35.9 Å². The van der Waals surface area contributed by atoms with E-state index in [0.29, 0.717) is 5.92 Å². The number of nitrogens with zero attached hydrogens (tertiary/aromatic N) is 2. The topological polar surface area (TPSA) is 25.8 Å². The second-order valence-corrected chi connectivity index (χ2v) is 3.82. The van der Waals surface area contributed by atoms with Gasteiger partial charge >= 0.3 is 0 Å². The largest absolute Gasteiger partial charge is 0.241 e. The molecule has 0 spiro atoms.